The van der Waals surface area contributed by atoms with Gasteiger partial charge in [0.05, 0.1) is 12.0 Å². The van der Waals surface area contributed by atoms with Crippen LogP contribution in [0.3, 0.4) is 0 Å². The smallest absolute Gasteiger partial charge is 0.548 e. The van der Waals surface area contributed by atoms with Crippen LogP contribution in [0.15, 0.2) is 10.5 Å². The second kappa shape index (κ2) is 9.48. The number of carboxylic acid groups (broad SMARTS) is 1. The molecule has 1 unspecified atom stereocenters. The first-order chi connectivity index (χ1) is 14.2. The summed E-state index contributed by atoms with van der Waals surface area (Å²) in [5.74, 6) is -0.653. The minimum Gasteiger partial charge on any atom is -0.548 e. The third-order valence-electron chi connectivity index (χ3n) is 5.11. The van der Waals surface area contributed by atoms with Crippen LogP contribution < -0.4 is 45.7 Å². The molecule has 1 aromatic heterocycles. The Labute approximate surface area is 213 Å². The van der Waals surface area contributed by atoms with Gasteiger partial charge < -0.3 is 30.7 Å². The standard InChI is InChI=1S/C17H21N5O5S3.Na/c1-17(2)11(15(25)26)22-13(24)10(14(22)30-17)20-12(23)9(8-6-29-16(18)19-8)21-27-7-3-4-28-5-7;/h6-7,10-11,14H,3-5H2,1-2H3,(H2,18,19)(H,20,23)(H,25,26);/q;+1/p-1/b21-9-;/t7?,10-,11-,14+;/m0./s1. The summed E-state index contributed by atoms with van der Waals surface area (Å²) in [6.45, 7) is 3.47. The first-order valence-electron chi connectivity index (χ1n) is 9.23. The quantitative estimate of drug-likeness (QED) is 0.176. The number of anilines is 1. The number of hydrogen-bond donors (Lipinski definition) is 2. The van der Waals surface area contributed by atoms with Gasteiger partial charge in [0.25, 0.3) is 5.91 Å². The zero-order valence-electron chi connectivity index (χ0n) is 17.2. The molecule has 3 saturated heterocycles. The maximum atomic E-state index is 13.0. The number of aliphatic carboxylic acids is 1. The summed E-state index contributed by atoms with van der Waals surface area (Å²) in [6, 6.07) is -1.92. The Kier molecular flexibility index (Phi) is 7.53. The molecule has 0 spiro atoms. The number of nitrogen functional groups attached to an aromatic ring is 1. The van der Waals surface area contributed by atoms with E-state index in [4.69, 9.17) is 10.6 Å². The van der Waals surface area contributed by atoms with Crippen LogP contribution in [0.2, 0.25) is 0 Å². The topological polar surface area (TPSA) is 150 Å². The minimum atomic E-state index is -1.31. The molecule has 0 saturated carbocycles. The third kappa shape index (κ3) is 4.71. The summed E-state index contributed by atoms with van der Waals surface area (Å²) in [5, 5.41) is 19.6. The Morgan fingerprint density at radius 1 is 1.45 bits per heavy atom. The Hall–Kier alpha value is -0.990. The van der Waals surface area contributed by atoms with Crippen molar-refractivity contribution in [2.45, 2.75) is 48.6 Å². The Morgan fingerprint density at radius 2 is 2.19 bits per heavy atom. The van der Waals surface area contributed by atoms with Crippen LogP contribution in [0.1, 0.15) is 26.0 Å². The van der Waals surface area contributed by atoms with Gasteiger partial charge in [0.1, 0.15) is 23.2 Å². The van der Waals surface area contributed by atoms with Crippen molar-refractivity contribution < 1.29 is 53.9 Å². The number of nitrogens with zero attached hydrogens (tertiary/aromatic N) is 3. The predicted molar refractivity (Wildman–Crippen MR) is 113 cm³/mol. The molecule has 0 bridgehead atoms. The fourth-order valence-electron chi connectivity index (χ4n) is 3.66. The number of rotatable bonds is 6. The van der Waals surface area contributed by atoms with Crippen molar-refractivity contribution in [1.29, 1.82) is 0 Å². The van der Waals surface area contributed by atoms with Crippen molar-refractivity contribution >= 4 is 63.5 Å². The molecule has 10 nitrogen and oxygen atoms in total. The average molecular weight is 494 g/mol. The van der Waals surface area contributed by atoms with Gasteiger partial charge in [0.2, 0.25) is 5.91 Å². The van der Waals surface area contributed by atoms with E-state index in [-0.39, 0.29) is 52.2 Å². The second-order valence-electron chi connectivity index (χ2n) is 7.63. The molecule has 0 aromatic carbocycles. The summed E-state index contributed by atoms with van der Waals surface area (Å²) >= 11 is 4.22. The molecule has 4 atom stereocenters. The van der Waals surface area contributed by atoms with Gasteiger partial charge in [0.15, 0.2) is 10.8 Å². The molecular weight excluding hydrogens is 473 g/mol. The monoisotopic (exact) mass is 493 g/mol. The summed E-state index contributed by atoms with van der Waals surface area (Å²) in [6.07, 6.45) is 0.737. The first kappa shape index (κ1) is 24.6. The number of carboxylic acids is 1. The number of fused-ring (bicyclic) bond motifs is 1. The Morgan fingerprint density at radius 3 is 2.77 bits per heavy atom. The van der Waals surface area contributed by atoms with Gasteiger partial charge in [-0.15, -0.1) is 23.1 Å². The van der Waals surface area contributed by atoms with Gasteiger partial charge >= 0.3 is 29.6 Å². The molecule has 3 aliphatic rings. The third-order valence-corrected chi connectivity index (χ3v) is 8.49. The zero-order valence-corrected chi connectivity index (χ0v) is 21.6. The number of carbonyl (C=O) groups is 3. The van der Waals surface area contributed by atoms with Crippen molar-refractivity contribution in [2.24, 2.45) is 5.16 Å². The van der Waals surface area contributed by atoms with E-state index >= 15 is 0 Å². The van der Waals surface area contributed by atoms with E-state index in [1.807, 2.05) is 0 Å². The maximum absolute atomic E-state index is 13.0. The van der Waals surface area contributed by atoms with E-state index in [9.17, 15) is 19.5 Å². The molecule has 0 radical (unpaired) electrons. The summed E-state index contributed by atoms with van der Waals surface area (Å²) in [5.41, 5.74) is 5.89. The molecule has 3 N–H and O–H groups in total. The number of thioether (sulfide) groups is 2. The number of hydrogen-bond acceptors (Lipinski definition) is 11. The van der Waals surface area contributed by atoms with Crippen molar-refractivity contribution in [3.8, 4) is 0 Å². The van der Waals surface area contributed by atoms with E-state index in [1.54, 1.807) is 31.0 Å². The second-order valence-corrected chi connectivity index (χ2v) is 11.4. The molecular formula is C17H20N5NaO5S3. The van der Waals surface area contributed by atoms with Crippen LogP contribution in [0, 0.1) is 0 Å². The van der Waals surface area contributed by atoms with Gasteiger partial charge in [-0.25, -0.2) is 4.98 Å². The predicted octanol–water partition coefficient (Wildman–Crippen LogP) is -3.75. The van der Waals surface area contributed by atoms with Crippen LogP contribution in [0.4, 0.5) is 5.13 Å². The van der Waals surface area contributed by atoms with Crippen LogP contribution in [0.5, 0.6) is 0 Å². The fraction of sp³-hybridized carbons (Fsp3) is 0.588. The van der Waals surface area contributed by atoms with Gasteiger partial charge in [-0.1, -0.05) is 5.16 Å². The van der Waals surface area contributed by atoms with E-state index in [2.05, 4.69) is 15.5 Å². The number of carbonyl (C=O) groups excluding carboxylic acids is 3. The molecule has 2 amide bonds. The molecule has 3 aliphatic heterocycles. The number of amides is 2. The average Bonchev–Trinajstić information content (AvgIpc) is 3.38. The van der Waals surface area contributed by atoms with Crippen molar-refractivity contribution in [1.82, 2.24) is 15.2 Å². The number of thiazole rings is 1. The molecule has 1 aromatic rings. The molecule has 162 valence electrons. The number of nitrogens with two attached hydrogens (primary N) is 1. The molecule has 14 heteroatoms. The van der Waals surface area contributed by atoms with Crippen LogP contribution in [0.25, 0.3) is 0 Å². The summed E-state index contributed by atoms with van der Waals surface area (Å²) in [4.78, 5) is 48.0. The van der Waals surface area contributed by atoms with E-state index in [0.29, 0.717) is 0 Å². The van der Waals surface area contributed by atoms with Gasteiger partial charge in [-0.2, -0.15) is 11.8 Å². The molecule has 4 heterocycles. The Bertz CT molecular complexity index is 920. The maximum Gasteiger partial charge on any atom is 1.00 e. The van der Waals surface area contributed by atoms with Crippen molar-refractivity contribution in [3.63, 3.8) is 0 Å². The van der Waals surface area contributed by atoms with Crippen LogP contribution >= 0.6 is 34.9 Å². The number of β-lactam (4-membered cyclic amide) rings is 1. The SMILES string of the molecule is CC1(C)S[C@@H]2[C@@H](NC(=O)/C(=N\OC3CCSC3)c3csc(N)n3)C(=O)N2[C@H]1C(=O)[O-].[Na+]. The van der Waals surface area contributed by atoms with Gasteiger partial charge in [-0.05, 0) is 26.0 Å². The van der Waals surface area contributed by atoms with E-state index in [0.717, 1.165) is 29.3 Å². The minimum absolute atomic E-state index is 0. The summed E-state index contributed by atoms with van der Waals surface area (Å²) in [7, 11) is 0. The van der Waals surface area contributed by atoms with Gasteiger partial charge in [0, 0.05) is 15.9 Å². The van der Waals surface area contributed by atoms with Crippen molar-refractivity contribution in [2.75, 3.05) is 17.2 Å². The Balaban J connectivity index is 0.00000272. The molecule has 31 heavy (non-hydrogen) atoms. The van der Waals surface area contributed by atoms with Crippen LogP contribution in [-0.2, 0) is 19.2 Å². The number of oxime groups is 1. The van der Waals surface area contributed by atoms with Crippen LogP contribution in [-0.4, -0.2) is 73.2 Å². The molecule has 3 fully saturated rings. The molecule has 4 rings (SSSR count). The van der Waals surface area contributed by atoms with E-state index < -0.39 is 40.0 Å². The number of nitrogens with one attached hydrogen (secondary N) is 1. The molecule has 0 aliphatic carbocycles. The van der Waals surface area contributed by atoms with Gasteiger partial charge in [-0.3, -0.25) is 9.59 Å². The largest absolute Gasteiger partial charge is 1.00 e. The normalized spacial score (nSPS) is 29.0. The van der Waals surface area contributed by atoms with E-state index in [1.165, 1.54) is 16.7 Å². The zero-order chi connectivity index (χ0) is 21.6. The first-order valence-corrected chi connectivity index (χ1v) is 12.1. The van der Waals surface area contributed by atoms with Crippen molar-refractivity contribution in [3.05, 3.63) is 11.1 Å². The number of aromatic nitrogens is 1. The fourth-order valence-corrected chi connectivity index (χ4v) is 6.92. The summed E-state index contributed by atoms with van der Waals surface area (Å²) < 4.78 is -0.734.